The molecule has 0 aliphatic heterocycles. The summed E-state index contributed by atoms with van der Waals surface area (Å²) in [5, 5.41) is 3.11. The summed E-state index contributed by atoms with van der Waals surface area (Å²) >= 11 is 6.01. The lowest BCUT2D eigenvalue weighted by molar-refractivity contribution is -0.116. The van der Waals surface area contributed by atoms with E-state index in [1.54, 1.807) is 12.1 Å². The van der Waals surface area contributed by atoms with Gasteiger partial charge in [0.05, 0.1) is 23.4 Å². The molecule has 0 radical (unpaired) electrons. The minimum atomic E-state index is -0.469. The predicted octanol–water partition coefficient (Wildman–Crippen LogP) is 2.97. The van der Waals surface area contributed by atoms with Gasteiger partial charge in [0.2, 0.25) is 5.91 Å². The molecule has 0 aliphatic rings. The highest BCUT2D eigenvalue weighted by Gasteiger charge is 2.11. The Labute approximate surface area is 129 Å². The summed E-state index contributed by atoms with van der Waals surface area (Å²) in [6.45, 7) is 0.683. The van der Waals surface area contributed by atoms with Gasteiger partial charge in [-0.1, -0.05) is 24.4 Å². The molecule has 0 heterocycles. The fourth-order valence-corrected chi connectivity index (χ4v) is 2.03. The number of benzene rings is 1. The van der Waals surface area contributed by atoms with Crippen LogP contribution >= 0.6 is 11.6 Å². The van der Waals surface area contributed by atoms with E-state index in [0.29, 0.717) is 29.2 Å². The van der Waals surface area contributed by atoms with Gasteiger partial charge in [-0.3, -0.25) is 4.79 Å². The third-order valence-electron chi connectivity index (χ3n) is 3.02. The maximum atomic E-state index is 11.8. The smallest absolute Gasteiger partial charge is 0.337 e. The topological polar surface area (TPSA) is 81.4 Å². The van der Waals surface area contributed by atoms with Gasteiger partial charge < -0.3 is 15.8 Å². The Morgan fingerprint density at radius 3 is 2.62 bits per heavy atom. The molecule has 0 atom stereocenters. The lowest BCUT2D eigenvalue weighted by Crippen LogP contribution is -2.12. The van der Waals surface area contributed by atoms with Crippen molar-refractivity contribution in [2.45, 2.75) is 32.1 Å². The maximum absolute atomic E-state index is 11.8. The molecule has 0 aliphatic carbocycles. The number of esters is 1. The number of hydrogen-bond acceptors (Lipinski definition) is 4. The molecule has 5 nitrogen and oxygen atoms in total. The molecule has 0 unspecified atom stereocenters. The second kappa shape index (κ2) is 9.37. The third kappa shape index (κ3) is 6.14. The van der Waals surface area contributed by atoms with Gasteiger partial charge in [-0.2, -0.15) is 0 Å². The van der Waals surface area contributed by atoms with Crippen molar-refractivity contribution in [1.82, 2.24) is 0 Å². The van der Waals surface area contributed by atoms with Crippen LogP contribution in [0.3, 0.4) is 0 Å². The third-order valence-corrected chi connectivity index (χ3v) is 3.35. The number of ether oxygens (including phenoxy) is 1. The Balaban J connectivity index is 2.53. The van der Waals surface area contributed by atoms with Crippen LogP contribution in [-0.2, 0) is 9.53 Å². The SMILES string of the molecule is COC(=O)c1ccc(Cl)c(NC(=O)CCCCCCN)c1. The Bertz CT molecular complexity index is 492. The van der Waals surface area contributed by atoms with Gasteiger partial charge >= 0.3 is 5.97 Å². The van der Waals surface area contributed by atoms with Gasteiger partial charge in [0.1, 0.15) is 0 Å². The van der Waals surface area contributed by atoms with Gasteiger partial charge in [-0.15, -0.1) is 0 Å². The first kappa shape index (κ1) is 17.5. The van der Waals surface area contributed by atoms with Crippen molar-refractivity contribution < 1.29 is 14.3 Å². The molecule has 1 amide bonds. The number of amides is 1. The number of halogens is 1. The van der Waals surface area contributed by atoms with Crippen molar-refractivity contribution >= 4 is 29.2 Å². The molecule has 0 fully saturated rings. The average molecular weight is 313 g/mol. The molecule has 0 spiro atoms. The van der Waals surface area contributed by atoms with Crippen molar-refractivity contribution in [2.75, 3.05) is 19.0 Å². The fraction of sp³-hybridized carbons (Fsp3) is 0.467. The minimum Gasteiger partial charge on any atom is -0.465 e. The molecular formula is C15H21ClN2O3. The summed E-state index contributed by atoms with van der Waals surface area (Å²) in [5.41, 5.74) is 6.18. The molecule has 21 heavy (non-hydrogen) atoms. The van der Waals surface area contributed by atoms with Crippen LogP contribution in [0.25, 0.3) is 0 Å². The molecule has 1 rings (SSSR count). The Morgan fingerprint density at radius 1 is 1.24 bits per heavy atom. The van der Waals surface area contributed by atoms with Crippen LogP contribution in [0.5, 0.6) is 0 Å². The average Bonchev–Trinajstić information content (AvgIpc) is 2.48. The highest BCUT2D eigenvalue weighted by molar-refractivity contribution is 6.33. The van der Waals surface area contributed by atoms with E-state index in [4.69, 9.17) is 17.3 Å². The van der Waals surface area contributed by atoms with Crippen molar-refractivity contribution in [3.8, 4) is 0 Å². The number of nitrogens with two attached hydrogens (primary N) is 1. The summed E-state index contributed by atoms with van der Waals surface area (Å²) in [6, 6.07) is 4.63. The van der Waals surface area contributed by atoms with Crippen LogP contribution in [0.4, 0.5) is 5.69 Å². The van der Waals surface area contributed by atoms with Crippen LogP contribution < -0.4 is 11.1 Å². The zero-order valence-electron chi connectivity index (χ0n) is 12.2. The first-order chi connectivity index (χ1) is 10.1. The summed E-state index contributed by atoms with van der Waals surface area (Å²) in [7, 11) is 1.30. The number of hydrogen-bond donors (Lipinski definition) is 2. The quantitative estimate of drug-likeness (QED) is 0.571. The second-order valence-electron chi connectivity index (χ2n) is 4.69. The molecule has 0 saturated carbocycles. The number of nitrogens with one attached hydrogen (secondary N) is 1. The van der Waals surface area contributed by atoms with Gasteiger partial charge in [0.25, 0.3) is 0 Å². The Kier molecular flexibility index (Phi) is 7.79. The molecule has 0 bridgehead atoms. The zero-order chi connectivity index (χ0) is 15.7. The molecule has 1 aromatic rings. The summed E-state index contributed by atoms with van der Waals surface area (Å²) < 4.78 is 4.63. The first-order valence-corrected chi connectivity index (χ1v) is 7.34. The van der Waals surface area contributed by atoms with E-state index in [0.717, 1.165) is 25.7 Å². The van der Waals surface area contributed by atoms with Crippen molar-refractivity contribution in [3.05, 3.63) is 28.8 Å². The van der Waals surface area contributed by atoms with E-state index in [1.165, 1.54) is 13.2 Å². The van der Waals surface area contributed by atoms with Crippen LogP contribution in [0.1, 0.15) is 42.5 Å². The highest BCUT2D eigenvalue weighted by Crippen LogP contribution is 2.23. The Morgan fingerprint density at radius 2 is 1.95 bits per heavy atom. The predicted molar refractivity (Wildman–Crippen MR) is 83.6 cm³/mol. The van der Waals surface area contributed by atoms with Crippen LogP contribution in [0, 0.1) is 0 Å². The number of methoxy groups -OCH3 is 1. The van der Waals surface area contributed by atoms with E-state index in [1.807, 2.05) is 0 Å². The van der Waals surface area contributed by atoms with E-state index in [-0.39, 0.29) is 5.91 Å². The van der Waals surface area contributed by atoms with Crippen LogP contribution in [-0.4, -0.2) is 25.5 Å². The van der Waals surface area contributed by atoms with Crippen molar-refractivity contribution in [2.24, 2.45) is 5.73 Å². The summed E-state index contributed by atoms with van der Waals surface area (Å²) in [4.78, 5) is 23.3. The molecule has 116 valence electrons. The number of carbonyl (C=O) groups excluding carboxylic acids is 2. The zero-order valence-corrected chi connectivity index (χ0v) is 12.9. The van der Waals surface area contributed by atoms with Crippen LogP contribution in [0.2, 0.25) is 5.02 Å². The molecule has 0 aromatic heterocycles. The monoisotopic (exact) mass is 312 g/mol. The van der Waals surface area contributed by atoms with Gasteiger partial charge in [-0.05, 0) is 37.6 Å². The molecule has 0 saturated heterocycles. The van der Waals surface area contributed by atoms with E-state index < -0.39 is 5.97 Å². The van der Waals surface area contributed by atoms with Crippen molar-refractivity contribution in [3.63, 3.8) is 0 Å². The largest absolute Gasteiger partial charge is 0.465 e. The van der Waals surface area contributed by atoms with Gasteiger partial charge in [-0.25, -0.2) is 4.79 Å². The highest BCUT2D eigenvalue weighted by atomic mass is 35.5. The fourth-order valence-electron chi connectivity index (χ4n) is 1.86. The number of rotatable bonds is 8. The maximum Gasteiger partial charge on any atom is 0.337 e. The molecular weight excluding hydrogens is 292 g/mol. The second-order valence-corrected chi connectivity index (χ2v) is 5.09. The number of anilines is 1. The van der Waals surface area contributed by atoms with E-state index in [2.05, 4.69) is 10.1 Å². The van der Waals surface area contributed by atoms with Crippen molar-refractivity contribution in [1.29, 1.82) is 0 Å². The number of unbranched alkanes of at least 4 members (excludes halogenated alkanes) is 3. The molecule has 3 N–H and O–H groups in total. The lowest BCUT2D eigenvalue weighted by atomic mass is 10.1. The molecule has 6 heteroatoms. The summed E-state index contributed by atoms with van der Waals surface area (Å²) in [5.74, 6) is -0.587. The normalized spacial score (nSPS) is 10.2. The lowest BCUT2D eigenvalue weighted by Gasteiger charge is -2.09. The standard InChI is InChI=1S/C15H21ClN2O3/c1-21-15(20)11-7-8-12(16)13(10-11)18-14(19)6-4-2-3-5-9-17/h7-8,10H,2-6,9,17H2,1H3,(H,18,19). The van der Waals surface area contributed by atoms with Gasteiger partial charge in [0.15, 0.2) is 0 Å². The van der Waals surface area contributed by atoms with Gasteiger partial charge in [0, 0.05) is 6.42 Å². The van der Waals surface area contributed by atoms with E-state index in [9.17, 15) is 9.59 Å². The number of carbonyl (C=O) groups is 2. The first-order valence-electron chi connectivity index (χ1n) is 6.96. The van der Waals surface area contributed by atoms with Crippen LogP contribution in [0.15, 0.2) is 18.2 Å². The minimum absolute atomic E-state index is 0.119. The Hall–Kier alpha value is -1.59. The summed E-state index contributed by atoms with van der Waals surface area (Å²) in [6.07, 6.45) is 4.21. The molecule has 1 aromatic carbocycles. The van der Waals surface area contributed by atoms with E-state index >= 15 is 0 Å².